The van der Waals surface area contributed by atoms with Crippen molar-refractivity contribution in [3.8, 4) is 17.0 Å². The summed E-state index contributed by atoms with van der Waals surface area (Å²) >= 11 is 0. The molecule has 146 valence electrons. The highest BCUT2D eigenvalue weighted by Gasteiger charge is 2.11. The van der Waals surface area contributed by atoms with Gasteiger partial charge in [-0.25, -0.2) is 4.68 Å². The van der Waals surface area contributed by atoms with Crippen molar-refractivity contribution in [3.63, 3.8) is 0 Å². The first-order chi connectivity index (χ1) is 13.0. The van der Waals surface area contributed by atoms with Crippen molar-refractivity contribution in [1.29, 1.82) is 0 Å². The molecule has 0 unspecified atom stereocenters. The average Bonchev–Trinajstić information content (AvgIpc) is 2.68. The minimum Gasteiger partial charge on any atom is -0.494 e. The van der Waals surface area contributed by atoms with Crippen LogP contribution in [-0.2, 0) is 0 Å². The molecule has 27 heavy (non-hydrogen) atoms. The molecule has 1 aliphatic heterocycles. The van der Waals surface area contributed by atoms with Gasteiger partial charge in [0.15, 0.2) is 0 Å². The van der Waals surface area contributed by atoms with Gasteiger partial charge in [-0.05, 0) is 83.5 Å². The fraction of sp³-hybridized carbons (Fsp3) is 0.545. The van der Waals surface area contributed by atoms with Crippen LogP contribution >= 0.6 is 0 Å². The van der Waals surface area contributed by atoms with Crippen molar-refractivity contribution in [2.24, 2.45) is 0 Å². The Bertz CT molecular complexity index is 790. The van der Waals surface area contributed by atoms with Gasteiger partial charge in [0, 0.05) is 17.7 Å². The topological polar surface area (TPSA) is 47.4 Å². The van der Waals surface area contributed by atoms with Crippen LogP contribution < -0.4 is 10.3 Å². The second kappa shape index (κ2) is 9.18. The summed E-state index contributed by atoms with van der Waals surface area (Å²) < 4.78 is 7.44. The van der Waals surface area contributed by atoms with Gasteiger partial charge >= 0.3 is 0 Å². The summed E-state index contributed by atoms with van der Waals surface area (Å²) in [5.41, 5.74) is 2.50. The van der Waals surface area contributed by atoms with E-state index in [2.05, 4.69) is 10.00 Å². The summed E-state index contributed by atoms with van der Waals surface area (Å²) in [7, 11) is 0. The van der Waals surface area contributed by atoms with Gasteiger partial charge in [-0.1, -0.05) is 6.42 Å². The minimum absolute atomic E-state index is 0.0255. The first-order valence-electron chi connectivity index (χ1n) is 10.1. The van der Waals surface area contributed by atoms with Crippen LogP contribution in [0.25, 0.3) is 11.3 Å². The zero-order valence-electron chi connectivity index (χ0n) is 16.8. The number of hydrogen-bond donors (Lipinski definition) is 0. The van der Waals surface area contributed by atoms with E-state index in [1.54, 1.807) is 4.68 Å². The molecule has 5 heteroatoms. The van der Waals surface area contributed by atoms with Gasteiger partial charge in [-0.15, -0.1) is 0 Å². The molecule has 1 aromatic heterocycles. The highest BCUT2D eigenvalue weighted by Crippen LogP contribution is 2.21. The summed E-state index contributed by atoms with van der Waals surface area (Å²) in [5.74, 6) is 0.881. The molecule has 1 saturated heterocycles. The number of nitrogens with zero attached hydrogens (tertiary/aromatic N) is 3. The van der Waals surface area contributed by atoms with E-state index in [4.69, 9.17) is 4.74 Å². The second-order valence-corrected chi connectivity index (χ2v) is 7.68. The lowest BCUT2D eigenvalue weighted by Crippen LogP contribution is -2.31. The number of hydrogen-bond acceptors (Lipinski definition) is 4. The van der Waals surface area contributed by atoms with Crippen molar-refractivity contribution in [2.45, 2.75) is 52.5 Å². The molecule has 0 spiro atoms. The first-order valence-corrected chi connectivity index (χ1v) is 10.1. The van der Waals surface area contributed by atoms with Crippen LogP contribution in [0, 0.1) is 6.92 Å². The SMILES string of the molecule is Cc1cc(-c2ccc(OCCCN3CCCCC3)cc2)nn(C(C)C)c1=O. The number of aryl methyl sites for hydroxylation is 1. The monoisotopic (exact) mass is 369 g/mol. The largest absolute Gasteiger partial charge is 0.494 e. The van der Waals surface area contributed by atoms with Crippen LogP contribution in [0.2, 0.25) is 0 Å². The average molecular weight is 370 g/mol. The lowest BCUT2D eigenvalue weighted by atomic mass is 10.1. The smallest absolute Gasteiger partial charge is 0.269 e. The summed E-state index contributed by atoms with van der Waals surface area (Å²) in [5, 5.41) is 4.52. The minimum atomic E-state index is -0.0255. The fourth-order valence-electron chi connectivity index (χ4n) is 3.51. The van der Waals surface area contributed by atoms with Gasteiger partial charge in [0.2, 0.25) is 0 Å². The molecule has 0 amide bonds. The molecule has 1 fully saturated rings. The summed E-state index contributed by atoms with van der Waals surface area (Å²) in [4.78, 5) is 14.7. The standard InChI is InChI=1S/C22H31N3O2/c1-17(2)25-22(26)18(3)16-21(23-25)19-8-10-20(11-9-19)27-15-7-14-24-12-5-4-6-13-24/h8-11,16-17H,4-7,12-15H2,1-3H3. The third kappa shape index (κ3) is 5.19. The molecule has 2 heterocycles. The second-order valence-electron chi connectivity index (χ2n) is 7.68. The number of benzene rings is 1. The molecule has 0 aliphatic carbocycles. The molecule has 0 bridgehead atoms. The maximum Gasteiger partial charge on any atom is 0.269 e. The van der Waals surface area contributed by atoms with E-state index in [0.717, 1.165) is 36.6 Å². The molecule has 0 saturated carbocycles. The van der Waals surface area contributed by atoms with E-state index in [0.29, 0.717) is 5.56 Å². The van der Waals surface area contributed by atoms with Crippen molar-refractivity contribution < 1.29 is 4.74 Å². The lowest BCUT2D eigenvalue weighted by Gasteiger charge is -2.26. The predicted molar refractivity (Wildman–Crippen MR) is 109 cm³/mol. The van der Waals surface area contributed by atoms with Crippen molar-refractivity contribution >= 4 is 0 Å². The van der Waals surface area contributed by atoms with Gasteiger partial charge in [0.05, 0.1) is 18.3 Å². The van der Waals surface area contributed by atoms with Crippen LogP contribution in [-0.4, -0.2) is 40.9 Å². The molecule has 3 rings (SSSR count). The van der Waals surface area contributed by atoms with Gasteiger partial charge in [-0.2, -0.15) is 5.10 Å². The van der Waals surface area contributed by atoms with Crippen molar-refractivity contribution in [2.75, 3.05) is 26.2 Å². The number of likely N-dealkylation sites (tertiary alicyclic amines) is 1. The quantitative estimate of drug-likeness (QED) is 0.691. The maximum absolute atomic E-state index is 12.2. The third-order valence-electron chi connectivity index (χ3n) is 5.09. The fourth-order valence-corrected chi connectivity index (χ4v) is 3.51. The number of ether oxygens (including phenoxy) is 1. The molecule has 1 aliphatic rings. The Balaban J connectivity index is 1.58. The number of rotatable bonds is 7. The first kappa shape index (κ1) is 19.6. The Morgan fingerprint density at radius 1 is 1.11 bits per heavy atom. The Morgan fingerprint density at radius 2 is 1.81 bits per heavy atom. The molecule has 2 aromatic rings. The summed E-state index contributed by atoms with van der Waals surface area (Å²) in [6, 6.07) is 9.89. The Labute approximate surface area is 162 Å². The van der Waals surface area contributed by atoms with Crippen molar-refractivity contribution in [3.05, 3.63) is 46.2 Å². The highest BCUT2D eigenvalue weighted by molar-refractivity contribution is 5.60. The summed E-state index contributed by atoms with van der Waals surface area (Å²) in [6.07, 6.45) is 5.10. The molecule has 0 N–H and O–H groups in total. The predicted octanol–water partition coefficient (Wildman–Crippen LogP) is 4.05. The molecule has 0 radical (unpaired) electrons. The van der Waals surface area contributed by atoms with Crippen LogP contribution in [0.5, 0.6) is 5.75 Å². The Kier molecular flexibility index (Phi) is 6.67. The van der Waals surface area contributed by atoms with Crippen LogP contribution in [0.4, 0.5) is 0 Å². The maximum atomic E-state index is 12.2. The zero-order chi connectivity index (χ0) is 19.2. The number of piperidine rings is 1. The Morgan fingerprint density at radius 3 is 2.48 bits per heavy atom. The van der Waals surface area contributed by atoms with E-state index in [-0.39, 0.29) is 11.6 Å². The lowest BCUT2D eigenvalue weighted by molar-refractivity contribution is 0.205. The molecular formula is C22H31N3O2. The van der Waals surface area contributed by atoms with E-state index in [9.17, 15) is 4.79 Å². The van der Waals surface area contributed by atoms with E-state index >= 15 is 0 Å². The van der Waals surface area contributed by atoms with Gasteiger partial charge in [-0.3, -0.25) is 4.79 Å². The Hall–Kier alpha value is -2.14. The van der Waals surface area contributed by atoms with E-state index in [1.165, 1.54) is 32.4 Å². The molecule has 1 aromatic carbocycles. The zero-order valence-corrected chi connectivity index (χ0v) is 16.8. The van der Waals surface area contributed by atoms with Crippen LogP contribution in [0.15, 0.2) is 35.1 Å². The summed E-state index contributed by atoms with van der Waals surface area (Å²) in [6.45, 7) is 10.1. The van der Waals surface area contributed by atoms with Gasteiger partial charge in [0.1, 0.15) is 5.75 Å². The highest BCUT2D eigenvalue weighted by atomic mass is 16.5. The molecular weight excluding hydrogens is 338 g/mol. The van der Waals surface area contributed by atoms with E-state index < -0.39 is 0 Å². The molecule has 0 atom stereocenters. The molecule has 5 nitrogen and oxygen atoms in total. The van der Waals surface area contributed by atoms with Crippen LogP contribution in [0.1, 0.15) is 51.1 Å². The van der Waals surface area contributed by atoms with Crippen LogP contribution in [0.3, 0.4) is 0 Å². The van der Waals surface area contributed by atoms with E-state index in [1.807, 2.05) is 51.1 Å². The third-order valence-corrected chi connectivity index (χ3v) is 5.09. The van der Waals surface area contributed by atoms with Gasteiger partial charge in [0.25, 0.3) is 5.56 Å². The number of aromatic nitrogens is 2. The van der Waals surface area contributed by atoms with Crippen molar-refractivity contribution in [1.82, 2.24) is 14.7 Å². The normalized spacial score (nSPS) is 15.3. The van der Waals surface area contributed by atoms with Gasteiger partial charge < -0.3 is 9.64 Å².